The Labute approximate surface area is 183 Å². The Morgan fingerprint density at radius 2 is 1.94 bits per heavy atom. The molecule has 1 atom stereocenters. The Morgan fingerprint density at radius 1 is 1.23 bits per heavy atom. The molecule has 0 saturated carbocycles. The molecule has 0 aliphatic heterocycles. The molecule has 0 radical (unpaired) electrons. The van der Waals surface area contributed by atoms with Crippen LogP contribution < -0.4 is 10.2 Å². The van der Waals surface area contributed by atoms with Gasteiger partial charge in [-0.1, -0.05) is 31.5 Å². The van der Waals surface area contributed by atoms with Crippen LogP contribution >= 0.6 is 11.6 Å². The highest BCUT2D eigenvalue weighted by atomic mass is 35.5. The topological polar surface area (TPSA) is 56.1 Å². The van der Waals surface area contributed by atoms with Crippen LogP contribution in [0.1, 0.15) is 37.0 Å². The predicted octanol–water partition coefficient (Wildman–Crippen LogP) is 5.33. The Kier molecular flexibility index (Phi) is 8.43. The molecule has 2 rings (SSSR count). The smallest absolute Gasteiger partial charge is 0.362 e. The molecule has 1 N–H and O–H groups in total. The van der Waals surface area contributed by atoms with Crippen LogP contribution in [0.15, 0.2) is 36.4 Å². The maximum atomic E-state index is 13.5. The van der Waals surface area contributed by atoms with Gasteiger partial charge in [0.25, 0.3) is 0 Å². The number of nitrogens with one attached hydrogen (secondary N) is 1. The second-order valence-corrected chi connectivity index (χ2v) is 7.73. The number of aldehydes is 1. The van der Waals surface area contributed by atoms with Crippen molar-refractivity contribution >= 4 is 23.6 Å². The molecule has 0 amide bonds. The van der Waals surface area contributed by atoms with Crippen LogP contribution in [0.4, 0.5) is 23.2 Å². The zero-order valence-electron chi connectivity index (χ0n) is 17.0. The summed E-state index contributed by atoms with van der Waals surface area (Å²) in [7, 11) is 0. The molecule has 9 heteroatoms. The van der Waals surface area contributed by atoms with Gasteiger partial charge in [0.05, 0.1) is 16.1 Å². The van der Waals surface area contributed by atoms with Crippen molar-refractivity contribution in [2.24, 2.45) is 0 Å². The summed E-state index contributed by atoms with van der Waals surface area (Å²) in [6, 6.07) is 8.53. The second kappa shape index (κ2) is 10.6. The largest absolute Gasteiger partial charge is 0.416 e. The third kappa shape index (κ3) is 6.68. The van der Waals surface area contributed by atoms with Crippen molar-refractivity contribution in [3.05, 3.63) is 63.9 Å². The van der Waals surface area contributed by atoms with Gasteiger partial charge in [-0.2, -0.15) is 18.4 Å². The molecular weight excluding hydrogens is 434 g/mol. The quantitative estimate of drug-likeness (QED) is 0.410. The number of halogens is 5. The molecule has 0 saturated heterocycles. The number of anilines is 1. The molecule has 0 bridgehead atoms. The molecule has 166 valence electrons. The van der Waals surface area contributed by atoms with Gasteiger partial charge < -0.3 is 15.0 Å². The van der Waals surface area contributed by atoms with Gasteiger partial charge in [0.15, 0.2) is 0 Å². The summed E-state index contributed by atoms with van der Waals surface area (Å²) in [6.07, 6.45) is -4.01. The predicted molar refractivity (Wildman–Crippen MR) is 111 cm³/mol. The molecule has 0 unspecified atom stereocenters. The first kappa shape index (κ1) is 24.6. The molecule has 0 heterocycles. The van der Waals surface area contributed by atoms with Crippen LogP contribution in [0.5, 0.6) is 0 Å². The summed E-state index contributed by atoms with van der Waals surface area (Å²) in [6.45, 7) is 3.89. The molecule has 0 spiro atoms. The number of benzene rings is 2. The summed E-state index contributed by atoms with van der Waals surface area (Å²) in [5.41, 5.74) is -0.567. The summed E-state index contributed by atoms with van der Waals surface area (Å²) in [5, 5.41) is 12.4. The number of hydrogen-bond donors (Lipinski definition) is 1. The lowest BCUT2D eigenvalue weighted by molar-refractivity contribution is -0.138. The van der Waals surface area contributed by atoms with Gasteiger partial charge in [-0.25, -0.2) is 4.39 Å². The SMILES string of the molecule is CC(C)NC[C@H](CC=O)N(Cc1ccc(F)cc1C(F)(F)F)c1ccc(C#N)c(Cl)c1. The highest BCUT2D eigenvalue weighted by Gasteiger charge is 2.35. The normalized spacial score (nSPS) is 12.5. The number of carbonyl (C=O) groups is 1. The van der Waals surface area contributed by atoms with Crippen molar-refractivity contribution < 1.29 is 22.4 Å². The standard InChI is InChI=1S/C22H22ClF4N3O/c1-14(2)29-12-19(7-8-31)30(18-6-4-15(11-28)21(23)10-18)13-16-3-5-17(24)9-20(16)22(25,26)27/h3-6,8-10,14,19,29H,7,12-13H2,1-2H3/t19-/m0/s1. The van der Waals surface area contributed by atoms with Crippen LogP contribution in [0.25, 0.3) is 0 Å². The van der Waals surface area contributed by atoms with Crippen molar-refractivity contribution in [3.63, 3.8) is 0 Å². The minimum atomic E-state index is -4.75. The first-order valence-electron chi connectivity index (χ1n) is 9.55. The molecule has 2 aromatic rings. The van der Waals surface area contributed by atoms with Gasteiger partial charge in [-0.3, -0.25) is 0 Å². The molecular formula is C22H22ClF4N3O. The van der Waals surface area contributed by atoms with Crippen LogP contribution in [-0.2, 0) is 17.5 Å². The van der Waals surface area contributed by atoms with Gasteiger partial charge in [0, 0.05) is 37.3 Å². The van der Waals surface area contributed by atoms with Gasteiger partial charge >= 0.3 is 6.18 Å². The molecule has 0 fully saturated rings. The number of hydrogen-bond acceptors (Lipinski definition) is 4. The van der Waals surface area contributed by atoms with E-state index in [0.29, 0.717) is 24.6 Å². The lowest BCUT2D eigenvalue weighted by Gasteiger charge is -2.34. The maximum absolute atomic E-state index is 13.5. The molecule has 0 aliphatic carbocycles. The fourth-order valence-corrected chi connectivity index (χ4v) is 3.36. The minimum Gasteiger partial charge on any atom is -0.362 e. The Bertz CT molecular complexity index is 957. The maximum Gasteiger partial charge on any atom is 0.416 e. The van der Waals surface area contributed by atoms with Gasteiger partial charge in [-0.15, -0.1) is 0 Å². The van der Waals surface area contributed by atoms with E-state index in [4.69, 9.17) is 16.9 Å². The fourth-order valence-electron chi connectivity index (χ4n) is 3.14. The van der Waals surface area contributed by atoms with E-state index in [1.807, 2.05) is 19.9 Å². The first-order valence-corrected chi connectivity index (χ1v) is 9.93. The van der Waals surface area contributed by atoms with Crippen molar-refractivity contribution in [3.8, 4) is 6.07 Å². The van der Waals surface area contributed by atoms with Crippen molar-refractivity contribution in [1.82, 2.24) is 5.32 Å². The summed E-state index contributed by atoms with van der Waals surface area (Å²) in [5.74, 6) is -0.991. The van der Waals surface area contributed by atoms with E-state index in [2.05, 4.69) is 5.32 Å². The second-order valence-electron chi connectivity index (χ2n) is 7.32. The van der Waals surface area contributed by atoms with Crippen LogP contribution in [-0.4, -0.2) is 24.9 Å². The van der Waals surface area contributed by atoms with E-state index in [1.165, 1.54) is 12.1 Å². The number of nitrogens with zero attached hydrogens (tertiary/aromatic N) is 2. The van der Waals surface area contributed by atoms with Gasteiger partial charge in [0.2, 0.25) is 0 Å². The van der Waals surface area contributed by atoms with E-state index in [0.717, 1.165) is 12.1 Å². The average molecular weight is 456 g/mol. The number of rotatable bonds is 9. The highest BCUT2D eigenvalue weighted by molar-refractivity contribution is 6.32. The van der Waals surface area contributed by atoms with Crippen LogP contribution in [0.3, 0.4) is 0 Å². The molecule has 0 aliphatic rings. The number of carbonyl (C=O) groups excluding carboxylic acids is 1. The fraction of sp³-hybridized carbons (Fsp3) is 0.364. The zero-order chi connectivity index (χ0) is 23.2. The van der Waals surface area contributed by atoms with Crippen molar-refractivity contribution in [2.75, 3.05) is 11.4 Å². The van der Waals surface area contributed by atoms with E-state index in [1.54, 1.807) is 11.0 Å². The Morgan fingerprint density at radius 3 is 2.48 bits per heavy atom. The molecule has 0 aromatic heterocycles. The molecule has 2 aromatic carbocycles. The van der Waals surface area contributed by atoms with Crippen molar-refractivity contribution in [2.45, 2.75) is 45.1 Å². The Hall–Kier alpha value is -2.63. The lowest BCUT2D eigenvalue weighted by Crippen LogP contribution is -2.44. The third-order valence-corrected chi connectivity index (χ3v) is 5.01. The summed E-state index contributed by atoms with van der Waals surface area (Å²) < 4.78 is 54.2. The van der Waals surface area contributed by atoms with Crippen LogP contribution in [0.2, 0.25) is 5.02 Å². The number of alkyl halides is 3. The number of nitriles is 1. The van der Waals surface area contributed by atoms with Gasteiger partial charge in [0.1, 0.15) is 18.2 Å². The summed E-state index contributed by atoms with van der Waals surface area (Å²) >= 11 is 6.15. The first-order chi connectivity index (χ1) is 14.6. The van der Waals surface area contributed by atoms with E-state index in [9.17, 15) is 22.4 Å². The molecule has 31 heavy (non-hydrogen) atoms. The minimum absolute atomic E-state index is 0.0416. The highest BCUT2D eigenvalue weighted by Crippen LogP contribution is 2.35. The van der Waals surface area contributed by atoms with E-state index < -0.39 is 23.6 Å². The summed E-state index contributed by atoms with van der Waals surface area (Å²) in [4.78, 5) is 12.9. The van der Waals surface area contributed by atoms with Crippen molar-refractivity contribution in [1.29, 1.82) is 5.26 Å². The Balaban J connectivity index is 2.56. The van der Waals surface area contributed by atoms with E-state index in [-0.39, 0.29) is 35.2 Å². The van der Waals surface area contributed by atoms with Gasteiger partial charge in [-0.05, 0) is 35.9 Å². The van der Waals surface area contributed by atoms with Crippen LogP contribution in [0, 0.1) is 17.1 Å². The lowest BCUT2D eigenvalue weighted by atomic mass is 10.0. The average Bonchev–Trinajstić information content (AvgIpc) is 2.69. The zero-order valence-corrected chi connectivity index (χ0v) is 17.8. The monoisotopic (exact) mass is 455 g/mol. The molecule has 4 nitrogen and oxygen atoms in total. The third-order valence-electron chi connectivity index (χ3n) is 4.69. The van der Waals surface area contributed by atoms with E-state index >= 15 is 0 Å².